The van der Waals surface area contributed by atoms with Gasteiger partial charge >= 0.3 is 5.97 Å². The van der Waals surface area contributed by atoms with E-state index in [1.165, 1.54) is 12.2 Å². The molecule has 0 radical (unpaired) electrons. The Bertz CT molecular complexity index is 870. The first-order valence-corrected chi connectivity index (χ1v) is 7.97. The minimum absolute atomic E-state index is 0.0644. The zero-order valence-electron chi connectivity index (χ0n) is 14.3. The second-order valence-corrected chi connectivity index (χ2v) is 5.17. The van der Waals surface area contributed by atoms with Crippen molar-refractivity contribution < 1.29 is 18.7 Å². The Labute approximate surface area is 151 Å². The van der Waals surface area contributed by atoms with Crippen LogP contribution in [0, 0.1) is 11.3 Å². The van der Waals surface area contributed by atoms with E-state index in [1.807, 2.05) is 6.07 Å². The van der Waals surface area contributed by atoms with Crippen LogP contribution in [0.1, 0.15) is 23.0 Å². The smallest absolute Gasteiger partial charge is 0.338 e. The zero-order valence-corrected chi connectivity index (χ0v) is 14.3. The van der Waals surface area contributed by atoms with Crippen LogP contribution in [0.3, 0.4) is 0 Å². The topological polar surface area (TPSA) is 92.3 Å². The van der Waals surface area contributed by atoms with Crippen LogP contribution in [0.2, 0.25) is 0 Å². The molecule has 6 heteroatoms. The third kappa shape index (κ3) is 4.71. The summed E-state index contributed by atoms with van der Waals surface area (Å²) in [6.07, 6.45) is 2.90. The van der Waals surface area contributed by atoms with Gasteiger partial charge in [-0.05, 0) is 31.2 Å². The summed E-state index contributed by atoms with van der Waals surface area (Å²) in [7, 11) is 0. The van der Waals surface area contributed by atoms with E-state index in [4.69, 9.17) is 14.4 Å². The molecule has 2 aromatic rings. The summed E-state index contributed by atoms with van der Waals surface area (Å²) in [6.45, 7) is 5.84. The van der Waals surface area contributed by atoms with Crippen molar-refractivity contribution in [1.82, 2.24) is 5.32 Å². The molecule has 0 aliphatic heterocycles. The molecular weight excluding hydrogens is 332 g/mol. The zero-order chi connectivity index (χ0) is 18.9. The second-order valence-electron chi connectivity index (χ2n) is 5.17. The maximum atomic E-state index is 11.8. The number of benzene rings is 1. The molecule has 6 nitrogen and oxygen atoms in total. The van der Waals surface area contributed by atoms with Crippen molar-refractivity contribution in [2.75, 3.05) is 13.2 Å². The van der Waals surface area contributed by atoms with Gasteiger partial charge in [0.1, 0.15) is 23.2 Å². The number of carbonyl (C=O) groups is 2. The standard InChI is InChI=1S/C20H18N2O4/c1-3-11-22-19(23)16(13-21)12-17-9-10-18(26-17)14-5-7-15(8-6-14)20(24)25-4-2/h3,5-10,12H,1,4,11H2,2H3,(H,22,23)/b16-12+. The number of carbonyl (C=O) groups excluding carboxylic acids is 2. The molecule has 0 aliphatic rings. The first-order valence-electron chi connectivity index (χ1n) is 7.97. The molecule has 0 unspecified atom stereocenters. The van der Waals surface area contributed by atoms with Gasteiger partial charge in [-0.1, -0.05) is 18.2 Å². The minimum Gasteiger partial charge on any atom is -0.462 e. The van der Waals surface area contributed by atoms with E-state index in [0.717, 1.165) is 5.56 Å². The summed E-state index contributed by atoms with van der Waals surface area (Å²) in [5, 5.41) is 11.7. The van der Waals surface area contributed by atoms with Crippen LogP contribution < -0.4 is 5.32 Å². The highest BCUT2D eigenvalue weighted by molar-refractivity contribution is 6.01. The highest BCUT2D eigenvalue weighted by Crippen LogP contribution is 2.24. The van der Waals surface area contributed by atoms with E-state index in [1.54, 1.807) is 43.3 Å². The van der Waals surface area contributed by atoms with Crippen LogP contribution in [0.25, 0.3) is 17.4 Å². The average molecular weight is 350 g/mol. The van der Waals surface area contributed by atoms with Gasteiger partial charge in [0.05, 0.1) is 12.2 Å². The third-order valence-corrected chi connectivity index (χ3v) is 3.37. The van der Waals surface area contributed by atoms with Crippen LogP contribution in [0.15, 0.2) is 59.0 Å². The number of esters is 1. The lowest BCUT2D eigenvalue weighted by Crippen LogP contribution is -2.24. The lowest BCUT2D eigenvalue weighted by molar-refractivity contribution is -0.116. The van der Waals surface area contributed by atoms with E-state index in [-0.39, 0.29) is 18.1 Å². The molecule has 0 spiro atoms. The van der Waals surface area contributed by atoms with E-state index >= 15 is 0 Å². The summed E-state index contributed by atoms with van der Waals surface area (Å²) in [4.78, 5) is 23.5. The van der Waals surface area contributed by atoms with Gasteiger partial charge in [-0.3, -0.25) is 4.79 Å². The Balaban J connectivity index is 2.17. The van der Waals surface area contributed by atoms with Crippen LogP contribution in [0.5, 0.6) is 0 Å². The number of amides is 1. The Morgan fingerprint density at radius 3 is 2.62 bits per heavy atom. The Morgan fingerprint density at radius 1 is 1.27 bits per heavy atom. The molecule has 1 amide bonds. The van der Waals surface area contributed by atoms with E-state index in [9.17, 15) is 9.59 Å². The third-order valence-electron chi connectivity index (χ3n) is 3.37. The fraction of sp³-hybridized carbons (Fsp3) is 0.150. The largest absolute Gasteiger partial charge is 0.462 e. The maximum Gasteiger partial charge on any atom is 0.338 e. The predicted octanol–water partition coefficient (Wildman–Crippen LogP) is 3.33. The lowest BCUT2D eigenvalue weighted by atomic mass is 10.1. The summed E-state index contributed by atoms with van der Waals surface area (Å²) in [5.74, 6) is 0.0469. The van der Waals surface area contributed by atoms with Crippen molar-refractivity contribution in [3.8, 4) is 17.4 Å². The molecular formula is C20H18N2O4. The molecule has 1 heterocycles. The molecule has 1 aromatic heterocycles. The van der Waals surface area contributed by atoms with Gasteiger partial charge < -0.3 is 14.5 Å². The van der Waals surface area contributed by atoms with Gasteiger partial charge in [0.2, 0.25) is 0 Å². The van der Waals surface area contributed by atoms with Gasteiger partial charge in [0, 0.05) is 18.2 Å². The highest BCUT2D eigenvalue weighted by Gasteiger charge is 2.11. The molecule has 0 saturated carbocycles. The number of ether oxygens (including phenoxy) is 1. The predicted molar refractivity (Wildman–Crippen MR) is 96.9 cm³/mol. The Morgan fingerprint density at radius 2 is 2.00 bits per heavy atom. The molecule has 132 valence electrons. The quantitative estimate of drug-likeness (QED) is 0.358. The normalized spacial score (nSPS) is 10.7. The van der Waals surface area contributed by atoms with E-state index < -0.39 is 5.91 Å². The molecule has 1 aromatic carbocycles. The number of nitrogens with zero attached hydrogens (tertiary/aromatic N) is 1. The SMILES string of the molecule is C=CCNC(=O)/C(C#N)=C/c1ccc(-c2ccc(C(=O)OCC)cc2)o1. The number of hydrogen-bond donors (Lipinski definition) is 1. The summed E-state index contributed by atoms with van der Waals surface area (Å²) >= 11 is 0. The fourth-order valence-corrected chi connectivity index (χ4v) is 2.12. The van der Waals surface area contributed by atoms with Crippen molar-refractivity contribution in [1.29, 1.82) is 5.26 Å². The number of hydrogen-bond acceptors (Lipinski definition) is 5. The van der Waals surface area contributed by atoms with Crippen molar-refractivity contribution >= 4 is 18.0 Å². The highest BCUT2D eigenvalue weighted by atomic mass is 16.5. The second kappa shape index (κ2) is 9.04. The average Bonchev–Trinajstić information content (AvgIpc) is 3.13. The van der Waals surface area contributed by atoms with E-state index in [0.29, 0.717) is 23.7 Å². The van der Waals surface area contributed by atoms with Crippen molar-refractivity contribution in [3.63, 3.8) is 0 Å². The molecule has 0 fully saturated rings. The Kier molecular flexibility index (Phi) is 6.52. The van der Waals surface area contributed by atoms with Gasteiger partial charge in [-0.2, -0.15) is 5.26 Å². The van der Waals surface area contributed by atoms with Gasteiger partial charge in [-0.25, -0.2) is 4.79 Å². The van der Waals surface area contributed by atoms with Crippen LogP contribution in [-0.2, 0) is 9.53 Å². The number of furan rings is 1. The Hall–Kier alpha value is -3.59. The van der Waals surface area contributed by atoms with Gasteiger partial charge in [-0.15, -0.1) is 6.58 Å². The summed E-state index contributed by atoms with van der Waals surface area (Å²) in [6, 6.07) is 12.0. The molecule has 2 rings (SSSR count). The molecule has 1 N–H and O–H groups in total. The first kappa shape index (κ1) is 18.7. The fourth-order valence-electron chi connectivity index (χ4n) is 2.12. The van der Waals surface area contributed by atoms with E-state index in [2.05, 4.69) is 11.9 Å². The molecule has 0 aliphatic carbocycles. The van der Waals surface area contributed by atoms with Gasteiger partial charge in [0.25, 0.3) is 5.91 Å². The van der Waals surface area contributed by atoms with Gasteiger partial charge in [0.15, 0.2) is 0 Å². The summed E-state index contributed by atoms with van der Waals surface area (Å²) < 4.78 is 10.6. The number of nitriles is 1. The van der Waals surface area contributed by atoms with Crippen LogP contribution in [-0.4, -0.2) is 25.0 Å². The number of nitrogens with one attached hydrogen (secondary N) is 1. The molecule has 0 bridgehead atoms. The minimum atomic E-state index is -0.496. The van der Waals surface area contributed by atoms with Crippen molar-refractivity contribution in [2.24, 2.45) is 0 Å². The first-order chi connectivity index (χ1) is 12.6. The maximum absolute atomic E-state index is 11.8. The molecule has 0 atom stereocenters. The van der Waals surface area contributed by atoms with Crippen molar-refractivity contribution in [2.45, 2.75) is 6.92 Å². The van der Waals surface area contributed by atoms with Crippen LogP contribution in [0.4, 0.5) is 0 Å². The lowest BCUT2D eigenvalue weighted by Gasteiger charge is -2.02. The van der Waals surface area contributed by atoms with Crippen LogP contribution >= 0.6 is 0 Å². The number of rotatable bonds is 7. The molecule has 26 heavy (non-hydrogen) atoms. The monoisotopic (exact) mass is 350 g/mol. The summed E-state index contributed by atoms with van der Waals surface area (Å²) in [5.41, 5.74) is 1.14. The van der Waals surface area contributed by atoms with Crippen molar-refractivity contribution in [3.05, 3.63) is 65.9 Å². The molecule has 0 saturated heterocycles.